The van der Waals surface area contributed by atoms with Gasteiger partial charge in [-0.3, -0.25) is 4.79 Å². The summed E-state index contributed by atoms with van der Waals surface area (Å²) in [5, 5.41) is 0. The number of carbonyl (C=O) groups excluding carboxylic acids is 1. The van der Waals surface area contributed by atoms with Crippen LogP contribution in [0.1, 0.15) is 17.3 Å². The average molecular weight is 239 g/mol. The summed E-state index contributed by atoms with van der Waals surface area (Å²) in [6.07, 6.45) is 0. The second kappa shape index (κ2) is 5.28. The molecule has 0 radical (unpaired) electrons. The highest BCUT2D eigenvalue weighted by atomic mass is 32.2. The van der Waals surface area contributed by atoms with Gasteiger partial charge in [0.05, 0.1) is 0 Å². The van der Waals surface area contributed by atoms with Crippen molar-refractivity contribution in [3.8, 4) is 0 Å². The summed E-state index contributed by atoms with van der Waals surface area (Å²) in [6.45, 7) is 1.56. The first-order valence-corrected chi connectivity index (χ1v) is 5.73. The second-order valence-corrected chi connectivity index (χ2v) is 5.05. The molecule has 0 N–H and O–H groups in total. The Bertz CT molecular complexity index is 388. The Balaban J connectivity index is 2.83. The van der Waals surface area contributed by atoms with Gasteiger partial charge in [-0.2, -0.15) is 0 Å². The molecule has 0 heterocycles. The third-order valence-electron chi connectivity index (χ3n) is 1.81. The summed E-state index contributed by atoms with van der Waals surface area (Å²) in [5.41, 5.74) is 0.724. The van der Waals surface area contributed by atoms with Crippen LogP contribution >= 0.6 is 24.0 Å². The fourth-order valence-corrected chi connectivity index (χ4v) is 1.98. The van der Waals surface area contributed by atoms with Crippen LogP contribution in [0.2, 0.25) is 0 Å². The highest BCUT2D eigenvalue weighted by Gasteiger charge is 2.04. The van der Waals surface area contributed by atoms with E-state index < -0.39 is 0 Å². The van der Waals surface area contributed by atoms with Crippen LogP contribution in [0.4, 0.5) is 0 Å². The van der Waals surface area contributed by atoms with Crippen molar-refractivity contribution >= 4 is 34.1 Å². The molecule has 0 spiro atoms. The predicted molar refractivity (Wildman–Crippen MR) is 68.6 cm³/mol. The fourth-order valence-electron chi connectivity index (χ4n) is 0.971. The third kappa shape index (κ3) is 3.64. The predicted octanol–water partition coefficient (Wildman–Crippen LogP) is 2.83. The van der Waals surface area contributed by atoms with E-state index in [2.05, 4.69) is 0 Å². The van der Waals surface area contributed by atoms with Crippen LogP contribution < -0.4 is 0 Å². The van der Waals surface area contributed by atoms with Crippen molar-refractivity contribution < 1.29 is 4.79 Å². The van der Waals surface area contributed by atoms with E-state index in [4.69, 9.17) is 12.2 Å². The van der Waals surface area contributed by atoms with Gasteiger partial charge in [0.2, 0.25) is 0 Å². The number of thioether (sulfide) groups is 1. The zero-order chi connectivity index (χ0) is 11.4. The highest BCUT2D eigenvalue weighted by molar-refractivity contribution is 8.22. The fraction of sp³-hybridized carbons (Fsp3) is 0.273. The van der Waals surface area contributed by atoms with Gasteiger partial charge in [0.15, 0.2) is 5.78 Å². The summed E-state index contributed by atoms with van der Waals surface area (Å²) >= 11 is 6.66. The van der Waals surface area contributed by atoms with Gasteiger partial charge in [-0.25, -0.2) is 0 Å². The quantitative estimate of drug-likeness (QED) is 0.449. The number of benzene rings is 1. The number of Topliss-reactive ketones (excluding diaryl/α,β-unsaturated/α-hetero) is 1. The molecule has 15 heavy (non-hydrogen) atoms. The largest absolute Gasteiger partial charge is 0.363 e. The molecule has 0 saturated heterocycles. The van der Waals surface area contributed by atoms with Gasteiger partial charge in [0.1, 0.15) is 4.32 Å². The van der Waals surface area contributed by atoms with Gasteiger partial charge < -0.3 is 4.90 Å². The van der Waals surface area contributed by atoms with Gasteiger partial charge in [-0.05, 0) is 19.1 Å². The third-order valence-corrected chi connectivity index (χ3v) is 3.46. The van der Waals surface area contributed by atoms with E-state index in [0.29, 0.717) is 0 Å². The highest BCUT2D eigenvalue weighted by Crippen LogP contribution is 2.21. The van der Waals surface area contributed by atoms with Crippen LogP contribution in [-0.4, -0.2) is 29.1 Å². The molecule has 0 saturated carbocycles. The first-order valence-electron chi connectivity index (χ1n) is 4.51. The van der Waals surface area contributed by atoms with E-state index in [1.54, 1.807) is 6.92 Å². The van der Waals surface area contributed by atoms with Crippen molar-refractivity contribution in [1.82, 2.24) is 4.90 Å². The SMILES string of the molecule is CC(=O)c1cccc(SC(=S)N(C)C)c1. The minimum atomic E-state index is 0.0771. The van der Waals surface area contributed by atoms with Gasteiger partial charge in [-0.15, -0.1) is 0 Å². The van der Waals surface area contributed by atoms with Gasteiger partial charge in [0, 0.05) is 24.6 Å². The molecule has 0 aromatic heterocycles. The smallest absolute Gasteiger partial charge is 0.159 e. The minimum Gasteiger partial charge on any atom is -0.363 e. The Morgan fingerprint density at radius 2 is 2.07 bits per heavy atom. The van der Waals surface area contributed by atoms with Gasteiger partial charge in [-0.1, -0.05) is 36.1 Å². The topological polar surface area (TPSA) is 20.3 Å². The van der Waals surface area contributed by atoms with Crippen LogP contribution in [0.15, 0.2) is 29.2 Å². The van der Waals surface area contributed by atoms with Crippen molar-refractivity contribution in [2.24, 2.45) is 0 Å². The summed E-state index contributed by atoms with van der Waals surface area (Å²) in [7, 11) is 3.81. The van der Waals surface area contributed by atoms with Crippen LogP contribution in [0.3, 0.4) is 0 Å². The van der Waals surface area contributed by atoms with Crippen LogP contribution in [0.5, 0.6) is 0 Å². The van der Waals surface area contributed by atoms with Crippen molar-refractivity contribution in [1.29, 1.82) is 0 Å². The molecule has 2 nitrogen and oxygen atoms in total. The molecule has 0 atom stereocenters. The molecule has 0 amide bonds. The molecule has 0 bridgehead atoms. The van der Waals surface area contributed by atoms with E-state index in [0.717, 1.165) is 14.8 Å². The van der Waals surface area contributed by atoms with E-state index >= 15 is 0 Å². The Labute approximate surface area is 99.7 Å². The lowest BCUT2D eigenvalue weighted by molar-refractivity contribution is 0.101. The summed E-state index contributed by atoms with van der Waals surface area (Å²) < 4.78 is 0.788. The molecule has 1 aromatic carbocycles. The zero-order valence-electron chi connectivity index (χ0n) is 8.98. The van der Waals surface area contributed by atoms with E-state index in [-0.39, 0.29) is 5.78 Å². The first-order chi connectivity index (χ1) is 7.00. The summed E-state index contributed by atoms with van der Waals surface area (Å²) in [5.74, 6) is 0.0771. The summed E-state index contributed by atoms with van der Waals surface area (Å²) in [6, 6.07) is 7.50. The number of rotatable bonds is 2. The van der Waals surface area contributed by atoms with Crippen molar-refractivity contribution in [2.45, 2.75) is 11.8 Å². The molecule has 0 aliphatic carbocycles. The van der Waals surface area contributed by atoms with E-state index in [1.165, 1.54) is 11.8 Å². The normalized spacial score (nSPS) is 9.80. The lowest BCUT2D eigenvalue weighted by Crippen LogP contribution is -2.15. The van der Waals surface area contributed by atoms with Crippen molar-refractivity contribution in [3.05, 3.63) is 29.8 Å². The molecular weight excluding hydrogens is 226 g/mol. The molecular formula is C11H13NOS2. The Morgan fingerprint density at radius 3 is 2.60 bits per heavy atom. The monoisotopic (exact) mass is 239 g/mol. The van der Waals surface area contributed by atoms with Crippen molar-refractivity contribution in [3.63, 3.8) is 0 Å². The molecule has 0 fully saturated rings. The van der Waals surface area contributed by atoms with Crippen LogP contribution in [-0.2, 0) is 0 Å². The number of carbonyl (C=O) groups is 1. The molecule has 0 aliphatic rings. The Morgan fingerprint density at radius 1 is 1.40 bits per heavy atom. The second-order valence-electron chi connectivity index (χ2n) is 3.35. The van der Waals surface area contributed by atoms with Gasteiger partial charge in [0.25, 0.3) is 0 Å². The molecule has 1 aromatic rings. The maximum absolute atomic E-state index is 11.2. The molecule has 4 heteroatoms. The van der Waals surface area contributed by atoms with E-state index in [1.807, 2.05) is 43.3 Å². The molecule has 0 unspecified atom stereocenters. The number of thiocarbonyl (C=S) groups is 1. The maximum atomic E-state index is 11.2. The molecule has 1 rings (SSSR count). The number of hydrogen-bond acceptors (Lipinski definition) is 3. The van der Waals surface area contributed by atoms with Crippen LogP contribution in [0.25, 0.3) is 0 Å². The number of nitrogens with zero attached hydrogens (tertiary/aromatic N) is 1. The lowest BCUT2D eigenvalue weighted by Gasteiger charge is -2.12. The lowest BCUT2D eigenvalue weighted by atomic mass is 10.2. The number of hydrogen-bond donors (Lipinski definition) is 0. The van der Waals surface area contributed by atoms with Gasteiger partial charge >= 0.3 is 0 Å². The Hall–Kier alpha value is -0.870. The zero-order valence-corrected chi connectivity index (χ0v) is 10.6. The standard InChI is InChI=1S/C11H13NOS2/c1-8(13)9-5-4-6-10(7-9)15-11(14)12(2)3/h4-7H,1-3H3. The van der Waals surface area contributed by atoms with Crippen LogP contribution in [0, 0.1) is 0 Å². The molecule has 0 aliphatic heterocycles. The average Bonchev–Trinajstić information content (AvgIpc) is 2.18. The maximum Gasteiger partial charge on any atom is 0.159 e. The Kier molecular flexibility index (Phi) is 4.29. The number of ketones is 1. The first kappa shape index (κ1) is 12.2. The minimum absolute atomic E-state index is 0.0771. The van der Waals surface area contributed by atoms with E-state index in [9.17, 15) is 4.79 Å². The van der Waals surface area contributed by atoms with Crippen molar-refractivity contribution in [2.75, 3.05) is 14.1 Å². The molecule has 80 valence electrons. The summed E-state index contributed by atoms with van der Waals surface area (Å²) in [4.78, 5) is 14.0.